The van der Waals surface area contributed by atoms with Crippen molar-refractivity contribution in [2.75, 3.05) is 11.9 Å². The zero-order valence-electron chi connectivity index (χ0n) is 46.7. The van der Waals surface area contributed by atoms with Crippen LogP contribution in [0, 0.1) is 6.92 Å². The van der Waals surface area contributed by atoms with Gasteiger partial charge in [-0.1, -0.05) is 54.1 Å². The Bertz CT molecular complexity index is 4870. The number of rotatable bonds is 11. The number of aryl methyl sites for hydroxylation is 2. The number of alkyl halides is 18. The summed E-state index contributed by atoms with van der Waals surface area (Å²) < 4.78 is 268. The van der Waals surface area contributed by atoms with E-state index < -0.39 is 206 Å². The molecule has 0 saturated carbocycles. The maximum atomic E-state index is 15.2. The zero-order valence-corrected chi connectivity index (χ0v) is 46.7. The van der Waals surface area contributed by atoms with Crippen molar-refractivity contribution in [3.8, 4) is 27.9 Å². The summed E-state index contributed by atoms with van der Waals surface area (Å²) in [5.74, 6) is -5.64. The van der Waals surface area contributed by atoms with Crippen LogP contribution >= 0.6 is 0 Å². The third kappa shape index (κ3) is 10.3. The zero-order chi connectivity index (χ0) is 68.1. The fraction of sp³-hybridized carbons (Fsp3) is 0.206. The van der Waals surface area contributed by atoms with Crippen LogP contribution in [0.25, 0.3) is 49.5 Å². The van der Waals surface area contributed by atoms with E-state index in [2.05, 4.69) is 0 Å². The minimum Gasteiger partial charge on any atom is -0.277 e. The molecule has 0 N–H and O–H groups in total. The smallest absolute Gasteiger partial charge is 0.277 e. The third-order valence-electron chi connectivity index (χ3n) is 16.3. The number of hydrogen-bond acceptors (Lipinski definition) is 8. The first-order valence-corrected chi connectivity index (χ1v) is 27.0. The number of hydrogen-bond donors (Lipinski definition) is 0. The lowest BCUT2D eigenvalue weighted by Gasteiger charge is -2.38. The molecule has 11 rings (SSSR count). The number of imide groups is 2. The van der Waals surface area contributed by atoms with Crippen molar-refractivity contribution >= 4 is 50.9 Å². The highest BCUT2D eigenvalue weighted by Gasteiger charge is 2.73. The summed E-state index contributed by atoms with van der Waals surface area (Å²) in [6.45, 7) is 0.838. The molecule has 0 aliphatic carbocycles. The van der Waals surface area contributed by atoms with E-state index in [-0.39, 0.29) is 70.2 Å². The molecule has 2 aromatic heterocycles. The number of aromatic nitrogens is 2. The van der Waals surface area contributed by atoms with Gasteiger partial charge in [0.25, 0.3) is 45.9 Å². The number of carbonyl (C=O) groups excluding carboxylic acids is 4. The van der Waals surface area contributed by atoms with Gasteiger partial charge in [-0.15, -0.1) is 0 Å². The Labute approximate surface area is 506 Å². The summed E-state index contributed by atoms with van der Waals surface area (Å²) >= 11 is 0. The topological polar surface area (TPSA) is 153 Å². The van der Waals surface area contributed by atoms with Crippen LogP contribution in [0.15, 0.2) is 141 Å². The third-order valence-corrected chi connectivity index (χ3v) is 16.3. The van der Waals surface area contributed by atoms with E-state index in [1.807, 2.05) is 0 Å². The second-order valence-corrected chi connectivity index (χ2v) is 21.9. The highest BCUT2D eigenvalue weighted by molar-refractivity contribution is 6.34. The molecule has 30 heteroatoms. The van der Waals surface area contributed by atoms with Crippen molar-refractivity contribution in [1.82, 2.24) is 14.0 Å². The minimum atomic E-state index is -6.36. The quantitative estimate of drug-likeness (QED) is 0.0705. The van der Waals surface area contributed by atoms with Crippen LogP contribution in [0.1, 0.15) is 98.8 Å². The number of benzene rings is 7. The second kappa shape index (κ2) is 21.5. The number of amides is 4. The van der Waals surface area contributed by atoms with Gasteiger partial charge in [0.2, 0.25) is 5.41 Å². The highest BCUT2D eigenvalue weighted by atomic mass is 19.4. The molecule has 93 heavy (non-hydrogen) atoms. The molecule has 2 aliphatic rings. The lowest BCUT2D eigenvalue weighted by atomic mass is 9.71. The van der Waals surface area contributed by atoms with Crippen LogP contribution in [0.3, 0.4) is 0 Å². The van der Waals surface area contributed by atoms with Crippen molar-refractivity contribution in [2.24, 2.45) is 0 Å². The van der Waals surface area contributed by atoms with E-state index in [1.165, 1.54) is 6.92 Å². The van der Waals surface area contributed by atoms with Gasteiger partial charge in [0.1, 0.15) is 0 Å². The van der Waals surface area contributed by atoms with Gasteiger partial charge in [0, 0.05) is 13.6 Å². The maximum absolute atomic E-state index is 15.2. The Morgan fingerprint density at radius 2 is 0.731 bits per heavy atom. The molecule has 2 aliphatic heterocycles. The van der Waals surface area contributed by atoms with Crippen LogP contribution in [0.2, 0.25) is 0 Å². The van der Waals surface area contributed by atoms with Crippen molar-refractivity contribution in [1.29, 1.82) is 0 Å². The van der Waals surface area contributed by atoms with Crippen molar-refractivity contribution in [2.45, 2.75) is 75.2 Å². The number of halogens is 18. The number of anilines is 1. The van der Waals surface area contributed by atoms with Crippen LogP contribution in [0.4, 0.5) is 84.7 Å². The standard InChI is InChI=1S/C63H34F18N4O8/c1-27-6-12-33(45(19-27)58(64,65)66)35-16-11-32(24-47(35)60(70,71)72)85-55(92)43-25-41-42(26-44(43)56(85)93)52(89)83(51(41)88)18-4-3-5-28-7-13-34(46(20-28)59(67,68)69)36-17-10-31(23-48(36)61(73,74)75)84-53(90)38-15-9-30(22-40(38)54(84)91)57(62(76,77)78,63(79,80)81)29-8-14-37-39(21-29)50(87)82(2)49(37)86/h6-17,19-26H,3-5,18H2,1-2H3. The summed E-state index contributed by atoms with van der Waals surface area (Å²) in [4.78, 5) is 108. The molecule has 4 amide bonds. The Balaban J connectivity index is 0.846. The predicted octanol–water partition coefficient (Wildman–Crippen LogP) is 14.1. The van der Waals surface area contributed by atoms with Crippen molar-refractivity contribution in [3.05, 3.63) is 230 Å². The molecule has 0 spiro atoms. The normalized spacial score (nSPS) is 14.4. The molecule has 0 fully saturated rings. The molecule has 0 atom stereocenters. The molecule has 4 heterocycles. The monoisotopic (exact) mass is 1320 g/mol. The summed E-state index contributed by atoms with van der Waals surface area (Å²) in [6, 6.07) is 10.8. The highest BCUT2D eigenvalue weighted by Crippen LogP contribution is 2.57. The Kier molecular flexibility index (Phi) is 14.9. The molecule has 0 unspecified atom stereocenters. The SMILES string of the molecule is Cc1ccc(-c2ccc(-n3c(=O)c4cc5c(=O)n(CCCCc6ccc(-c7ccc(N8C(=O)c9ccc(C(c%10ccc%11c(c%10)C(=O)N(C)C%11=O)(C(F)(F)F)C(F)(F)F)cc9C8=O)cc7C(F)(F)F)c(C(F)(F)F)c6)c(=O)c5cc4c3=O)cc2C(F)(F)F)c(C(F)(F)F)c1. The summed E-state index contributed by atoms with van der Waals surface area (Å²) in [5, 5.41) is -1.97. The molecule has 7 aromatic carbocycles. The van der Waals surface area contributed by atoms with E-state index in [0.717, 1.165) is 43.4 Å². The van der Waals surface area contributed by atoms with E-state index in [0.29, 0.717) is 64.1 Å². The minimum absolute atomic E-state index is 0.0338. The van der Waals surface area contributed by atoms with Crippen LogP contribution < -0.4 is 27.1 Å². The van der Waals surface area contributed by atoms with Gasteiger partial charge in [0.05, 0.1) is 77.4 Å². The number of unbranched alkanes of at least 4 members (excludes halogenated alkanes) is 1. The Morgan fingerprint density at radius 1 is 0.355 bits per heavy atom. The molecule has 9 aromatic rings. The van der Waals surface area contributed by atoms with E-state index in [4.69, 9.17) is 0 Å². The average molecular weight is 1320 g/mol. The first-order valence-electron chi connectivity index (χ1n) is 27.0. The lowest BCUT2D eigenvalue weighted by Crippen LogP contribution is -2.55. The first-order chi connectivity index (χ1) is 43.1. The predicted molar refractivity (Wildman–Crippen MR) is 295 cm³/mol. The average Bonchev–Trinajstić information content (AvgIpc) is 1.67. The molecule has 0 saturated heterocycles. The van der Waals surface area contributed by atoms with Gasteiger partial charge in [0.15, 0.2) is 0 Å². The molecular formula is C63H34F18N4O8. The lowest BCUT2D eigenvalue weighted by molar-refractivity contribution is -0.288. The summed E-state index contributed by atoms with van der Waals surface area (Å²) in [5.41, 5.74) is -29.2. The van der Waals surface area contributed by atoms with Crippen LogP contribution in [-0.2, 0) is 43.1 Å². The molecule has 12 nitrogen and oxygen atoms in total. The van der Waals surface area contributed by atoms with Gasteiger partial charge < -0.3 is 0 Å². The van der Waals surface area contributed by atoms with E-state index in [9.17, 15) is 77.9 Å². The molecule has 0 bridgehead atoms. The molecule has 480 valence electrons. The first kappa shape index (κ1) is 64.4. The second-order valence-electron chi connectivity index (χ2n) is 21.9. The summed E-state index contributed by atoms with van der Waals surface area (Å²) in [7, 11) is 0.912. The van der Waals surface area contributed by atoms with Gasteiger partial charge in [-0.25, -0.2) is 9.47 Å². The van der Waals surface area contributed by atoms with E-state index in [1.54, 1.807) is 0 Å². The van der Waals surface area contributed by atoms with Gasteiger partial charge >= 0.3 is 37.1 Å². The largest absolute Gasteiger partial charge is 0.417 e. The number of nitrogens with zero attached hydrogens (tertiary/aromatic N) is 4. The van der Waals surface area contributed by atoms with Crippen LogP contribution in [-0.4, -0.2) is 57.1 Å². The van der Waals surface area contributed by atoms with Gasteiger partial charge in [-0.2, -0.15) is 79.0 Å². The fourth-order valence-electron chi connectivity index (χ4n) is 12.0. The Hall–Kier alpha value is -10.2. The van der Waals surface area contributed by atoms with Gasteiger partial charge in [-0.05, 0) is 138 Å². The van der Waals surface area contributed by atoms with E-state index >= 15 is 39.5 Å². The van der Waals surface area contributed by atoms with Crippen molar-refractivity contribution in [3.63, 3.8) is 0 Å². The summed E-state index contributed by atoms with van der Waals surface area (Å²) in [6.07, 6.45) is -34.8. The molecule has 0 radical (unpaired) electrons. The number of carbonyl (C=O) groups is 4. The Morgan fingerprint density at radius 3 is 1.22 bits per heavy atom. The fourth-order valence-corrected chi connectivity index (χ4v) is 12.0. The van der Waals surface area contributed by atoms with Crippen molar-refractivity contribution < 1.29 is 98.2 Å². The van der Waals surface area contributed by atoms with Crippen LogP contribution in [0.5, 0.6) is 0 Å². The molecular weight excluding hydrogens is 1280 g/mol. The number of fused-ring (bicyclic) bond motifs is 4. The van der Waals surface area contributed by atoms with Gasteiger partial charge in [-0.3, -0.25) is 47.8 Å². The maximum Gasteiger partial charge on any atom is 0.417 e.